The number of amides is 1. The molecule has 3 rings (SSSR count). The molecule has 0 N–H and O–H groups in total. The minimum absolute atomic E-state index is 0.161. The highest BCUT2D eigenvalue weighted by Crippen LogP contribution is 2.33. The molecule has 1 aliphatic rings. The molecule has 132 valence electrons. The number of thioether (sulfide) groups is 1. The van der Waals surface area contributed by atoms with Crippen LogP contribution < -0.4 is 4.74 Å². The van der Waals surface area contributed by atoms with Crippen molar-refractivity contribution >= 4 is 17.7 Å². The van der Waals surface area contributed by atoms with Gasteiger partial charge in [0.25, 0.3) is 0 Å². The second-order valence-electron chi connectivity index (χ2n) is 6.07. The summed E-state index contributed by atoms with van der Waals surface area (Å²) >= 11 is 1.59. The predicted molar refractivity (Wildman–Crippen MR) is 98.4 cm³/mol. The number of benzene rings is 2. The summed E-state index contributed by atoms with van der Waals surface area (Å²) in [6, 6.07) is 14.5. The van der Waals surface area contributed by atoms with Gasteiger partial charge in [-0.1, -0.05) is 12.1 Å². The maximum Gasteiger partial charge on any atom is 0.223 e. The van der Waals surface area contributed by atoms with Gasteiger partial charge in [-0.25, -0.2) is 4.39 Å². The largest absolute Gasteiger partial charge is 0.497 e. The fourth-order valence-corrected chi connectivity index (χ4v) is 4.01. The molecule has 0 spiro atoms. The monoisotopic (exact) mass is 359 g/mol. The Morgan fingerprint density at radius 1 is 1.20 bits per heavy atom. The van der Waals surface area contributed by atoms with Gasteiger partial charge >= 0.3 is 0 Å². The van der Waals surface area contributed by atoms with Gasteiger partial charge in [-0.3, -0.25) is 4.79 Å². The second kappa shape index (κ2) is 8.39. The number of carbonyl (C=O) groups is 1. The van der Waals surface area contributed by atoms with Crippen molar-refractivity contribution in [3.8, 4) is 5.75 Å². The fourth-order valence-electron chi connectivity index (χ4n) is 3.17. The molecule has 0 saturated carbocycles. The van der Waals surface area contributed by atoms with Gasteiger partial charge in [0.15, 0.2) is 0 Å². The summed E-state index contributed by atoms with van der Waals surface area (Å²) in [4.78, 5) is 15.6. The van der Waals surface area contributed by atoms with E-state index in [1.807, 2.05) is 29.2 Å². The van der Waals surface area contributed by atoms with Crippen molar-refractivity contribution in [1.82, 2.24) is 4.90 Å². The zero-order valence-corrected chi connectivity index (χ0v) is 15.1. The van der Waals surface area contributed by atoms with Crippen LogP contribution in [0.15, 0.2) is 53.4 Å². The Hall–Kier alpha value is -2.01. The Balaban J connectivity index is 1.55. The number of hydrogen-bond donors (Lipinski definition) is 0. The number of carbonyl (C=O) groups excluding carboxylic acids is 1. The van der Waals surface area contributed by atoms with E-state index in [1.165, 1.54) is 12.1 Å². The molecule has 1 heterocycles. The summed E-state index contributed by atoms with van der Waals surface area (Å²) in [5, 5.41) is 0. The van der Waals surface area contributed by atoms with Gasteiger partial charge in [-0.2, -0.15) is 0 Å². The van der Waals surface area contributed by atoms with E-state index in [1.54, 1.807) is 31.0 Å². The molecule has 1 aliphatic heterocycles. The van der Waals surface area contributed by atoms with Crippen LogP contribution in [-0.4, -0.2) is 30.2 Å². The second-order valence-corrected chi connectivity index (χ2v) is 7.24. The summed E-state index contributed by atoms with van der Waals surface area (Å²) in [7, 11) is 1.65. The normalized spacial score (nSPS) is 16.9. The minimum atomic E-state index is -0.236. The first-order chi connectivity index (χ1) is 12.2. The lowest BCUT2D eigenvalue weighted by Gasteiger charge is -2.25. The molecule has 2 aromatic carbocycles. The van der Waals surface area contributed by atoms with E-state index in [0.717, 1.165) is 35.6 Å². The molecule has 1 unspecified atom stereocenters. The summed E-state index contributed by atoms with van der Waals surface area (Å²) in [5.74, 6) is 1.49. The summed E-state index contributed by atoms with van der Waals surface area (Å²) in [6.07, 6.45) is 2.53. The summed E-state index contributed by atoms with van der Waals surface area (Å²) < 4.78 is 18.1. The van der Waals surface area contributed by atoms with Crippen LogP contribution in [0.2, 0.25) is 0 Å². The van der Waals surface area contributed by atoms with E-state index in [-0.39, 0.29) is 17.8 Å². The van der Waals surface area contributed by atoms with Crippen molar-refractivity contribution in [2.45, 2.75) is 30.2 Å². The zero-order chi connectivity index (χ0) is 17.6. The first-order valence-electron chi connectivity index (χ1n) is 8.49. The van der Waals surface area contributed by atoms with Gasteiger partial charge < -0.3 is 9.64 Å². The minimum Gasteiger partial charge on any atom is -0.497 e. The van der Waals surface area contributed by atoms with Crippen LogP contribution >= 0.6 is 11.8 Å². The molecule has 5 heteroatoms. The third kappa shape index (κ3) is 4.54. The first kappa shape index (κ1) is 17.8. The SMILES string of the molecule is COc1ccc(C2CCCN2C(=O)CCSc2ccc(F)cc2)cc1. The number of halogens is 1. The molecule has 1 saturated heterocycles. The summed E-state index contributed by atoms with van der Waals surface area (Å²) in [5.41, 5.74) is 1.16. The van der Waals surface area contributed by atoms with Crippen molar-refractivity contribution in [2.24, 2.45) is 0 Å². The highest BCUT2D eigenvalue weighted by Gasteiger charge is 2.29. The fraction of sp³-hybridized carbons (Fsp3) is 0.350. The molecule has 2 aromatic rings. The lowest BCUT2D eigenvalue weighted by Crippen LogP contribution is -2.30. The topological polar surface area (TPSA) is 29.5 Å². The molecule has 0 bridgehead atoms. The predicted octanol–water partition coefficient (Wildman–Crippen LogP) is 4.68. The Labute approximate surface area is 152 Å². The summed E-state index contributed by atoms with van der Waals surface area (Å²) in [6.45, 7) is 0.816. The van der Waals surface area contributed by atoms with E-state index >= 15 is 0 Å². The van der Waals surface area contributed by atoms with E-state index in [0.29, 0.717) is 12.2 Å². The van der Waals surface area contributed by atoms with Gasteiger partial charge in [0.05, 0.1) is 13.2 Å². The van der Waals surface area contributed by atoms with Gasteiger partial charge in [0.2, 0.25) is 5.91 Å². The standard InChI is InChI=1S/C20H22FNO2S/c1-24-17-8-4-15(5-9-17)19-3-2-13-22(19)20(23)12-14-25-18-10-6-16(21)7-11-18/h4-11,19H,2-3,12-14H2,1H3. The van der Waals surface area contributed by atoms with E-state index in [9.17, 15) is 9.18 Å². The first-order valence-corrected chi connectivity index (χ1v) is 9.48. The van der Waals surface area contributed by atoms with Crippen molar-refractivity contribution in [2.75, 3.05) is 19.4 Å². The van der Waals surface area contributed by atoms with Crippen molar-refractivity contribution in [1.29, 1.82) is 0 Å². The van der Waals surface area contributed by atoms with Crippen molar-refractivity contribution in [3.63, 3.8) is 0 Å². The van der Waals surface area contributed by atoms with Crippen LogP contribution in [-0.2, 0) is 4.79 Å². The Morgan fingerprint density at radius 3 is 2.60 bits per heavy atom. The molecule has 0 radical (unpaired) electrons. The van der Waals surface area contributed by atoms with Crippen LogP contribution in [0.4, 0.5) is 4.39 Å². The lowest BCUT2D eigenvalue weighted by molar-refractivity contribution is -0.131. The van der Waals surface area contributed by atoms with E-state index < -0.39 is 0 Å². The zero-order valence-electron chi connectivity index (χ0n) is 14.3. The molecular weight excluding hydrogens is 337 g/mol. The molecule has 25 heavy (non-hydrogen) atoms. The number of ether oxygens (including phenoxy) is 1. The maximum absolute atomic E-state index is 12.9. The van der Waals surface area contributed by atoms with Crippen LogP contribution in [0.5, 0.6) is 5.75 Å². The molecule has 0 aromatic heterocycles. The number of likely N-dealkylation sites (tertiary alicyclic amines) is 1. The average molecular weight is 359 g/mol. The molecular formula is C20H22FNO2S. The maximum atomic E-state index is 12.9. The molecule has 3 nitrogen and oxygen atoms in total. The van der Waals surface area contributed by atoms with Crippen LogP contribution in [0, 0.1) is 5.82 Å². The van der Waals surface area contributed by atoms with Crippen LogP contribution in [0.1, 0.15) is 30.9 Å². The molecule has 1 amide bonds. The van der Waals surface area contributed by atoms with Gasteiger partial charge in [-0.15, -0.1) is 11.8 Å². The Morgan fingerprint density at radius 2 is 1.92 bits per heavy atom. The highest BCUT2D eigenvalue weighted by molar-refractivity contribution is 7.99. The Kier molecular flexibility index (Phi) is 5.97. The van der Waals surface area contributed by atoms with Gasteiger partial charge in [0, 0.05) is 23.6 Å². The van der Waals surface area contributed by atoms with E-state index in [2.05, 4.69) is 0 Å². The lowest BCUT2D eigenvalue weighted by atomic mass is 10.0. The van der Waals surface area contributed by atoms with E-state index in [4.69, 9.17) is 4.74 Å². The van der Waals surface area contributed by atoms with Crippen LogP contribution in [0.25, 0.3) is 0 Å². The van der Waals surface area contributed by atoms with Crippen LogP contribution in [0.3, 0.4) is 0 Å². The third-order valence-corrected chi connectivity index (χ3v) is 5.49. The number of hydrogen-bond acceptors (Lipinski definition) is 3. The molecule has 1 fully saturated rings. The van der Waals surface area contributed by atoms with Gasteiger partial charge in [-0.05, 0) is 54.8 Å². The smallest absolute Gasteiger partial charge is 0.223 e. The third-order valence-electron chi connectivity index (χ3n) is 4.47. The number of nitrogens with zero attached hydrogens (tertiary/aromatic N) is 1. The average Bonchev–Trinajstić information content (AvgIpc) is 3.13. The Bertz CT molecular complexity index is 703. The van der Waals surface area contributed by atoms with Crippen molar-refractivity contribution < 1.29 is 13.9 Å². The van der Waals surface area contributed by atoms with Gasteiger partial charge in [0.1, 0.15) is 11.6 Å². The molecule has 1 atom stereocenters. The highest BCUT2D eigenvalue weighted by atomic mass is 32.2. The number of methoxy groups -OCH3 is 1. The quantitative estimate of drug-likeness (QED) is 0.702. The number of rotatable bonds is 6. The molecule has 0 aliphatic carbocycles. The van der Waals surface area contributed by atoms with Crippen molar-refractivity contribution in [3.05, 3.63) is 59.9 Å².